The maximum Gasteiger partial charge on any atom is 0.268 e. The second kappa shape index (κ2) is 5.28. The molecule has 5 nitrogen and oxygen atoms in total. The number of nitriles is 2. The molecule has 0 unspecified atom stereocenters. The summed E-state index contributed by atoms with van der Waals surface area (Å²) in [6.07, 6.45) is 0. The Balaban J connectivity index is 3.00. The second-order valence-corrected chi connectivity index (χ2v) is 4.70. The highest BCUT2D eigenvalue weighted by atomic mass is 35.5. The minimum Gasteiger partial charge on any atom is -0.384 e. The van der Waals surface area contributed by atoms with Crippen molar-refractivity contribution in [3.05, 3.63) is 50.0 Å². The van der Waals surface area contributed by atoms with Gasteiger partial charge in [0.1, 0.15) is 34.9 Å². The Kier molecular flexibility index (Phi) is 3.66. The molecule has 104 valence electrons. The Morgan fingerprint density at radius 3 is 2.48 bits per heavy atom. The van der Waals surface area contributed by atoms with E-state index < -0.39 is 11.4 Å². The molecule has 0 bridgehead atoms. The van der Waals surface area contributed by atoms with Gasteiger partial charge < -0.3 is 10.7 Å². The highest BCUT2D eigenvalue weighted by molar-refractivity contribution is 6.31. The first-order valence-corrected chi connectivity index (χ1v) is 6.10. The van der Waals surface area contributed by atoms with Gasteiger partial charge in [-0.3, -0.25) is 4.79 Å². The Hall–Kier alpha value is -2.83. The van der Waals surface area contributed by atoms with Crippen molar-refractivity contribution in [3.8, 4) is 23.3 Å². The van der Waals surface area contributed by atoms with Crippen molar-refractivity contribution in [2.24, 2.45) is 0 Å². The molecule has 2 rings (SSSR count). The number of pyridine rings is 1. The SMILES string of the molecule is Cc1cc(-c2c(C#N)c(N)[nH]c(=O)c2C#N)c(F)cc1Cl. The molecule has 0 saturated carbocycles. The molecule has 0 radical (unpaired) electrons. The first-order valence-electron chi connectivity index (χ1n) is 5.72. The van der Waals surface area contributed by atoms with E-state index in [1.54, 1.807) is 19.1 Å². The van der Waals surface area contributed by atoms with Crippen molar-refractivity contribution in [2.75, 3.05) is 5.73 Å². The predicted molar refractivity (Wildman–Crippen MR) is 76.0 cm³/mol. The van der Waals surface area contributed by atoms with Crippen LogP contribution in [-0.4, -0.2) is 4.98 Å². The molecule has 0 fully saturated rings. The van der Waals surface area contributed by atoms with Crippen LogP contribution in [-0.2, 0) is 0 Å². The summed E-state index contributed by atoms with van der Waals surface area (Å²) in [5.74, 6) is -0.966. The number of H-pyrrole nitrogens is 1. The maximum atomic E-state index is 14.2. The van der Waals surface area contributed by atoms with Gasteiger partial charge in [0.15, 0.2) is 0 Å². The van der Waals surface area contributed by atoms with Crippen molar-refractivity contribution in [1.29, 1.82) is 10.5 Å². The van der Waals surface area contributed by atoms with Crippen LogP contribution in [0.4, 0.5) is 10.2 Å². The maximum absolute atomic E-state index is 14.2. The molecule has 1 heterocycles. The van der Waals surface area contributed by atoms with Gasteiger partial charge in [0.2, 0.25) is 0 Å². The summed E-state index contributed by atoms with van der Waals surface area (Å²) < 4.78 is 14.2. The standard InChI is InChI=1S/C14H8ClFN4O/c1-6-2-7(11(16)3-10(6)15)12-8(4-17)13(19)20-14(21)9(12)5-18/h2-3H,1H3,(H3,19,20,21). The van der Waals surface area contributed by atoms with Crippen molar-refractivity contribution in [1.82, 2.24) is 4.98 Å². The average molecular weight is 303 g/mol. The van der Waals surface area contributed by atoms with Gasteiger partial charge in [-0.1, -0.05) is 11.6 Å². The minimum absolute atomic E-state index is 0.0669. The molecule has 0 saturated heterocycles. The van der Waals surface area contributed by atoms with Crippen LogP contribution in [0.3, 0.4) is 0 Å². The normalized spacial score (nSPS) is 9.95. The number of aromatic amines is 1. The van der Waals surface area contributed by atoms with E-state index in [-0.39, 0.29) is 33.1 Å². The zero-order chi connectivity index (χ0) is 15.7. The number of hydrogen-bond donors (Lipinski definition) is 2. The Morgan fingerprint density at radius 1 is 1.29 bits per heavy atom. The Labute approximate surface area is 124 Å². The van der Waals surface area contributed by atoms with Crippen LogP contribution in [0.5, 0.6) is 0 Å². The number of nitrogen functional groups attached to an aromatic ring is 1. The zero-order valence-corrected chi connectivity index (χ0v) is 11.5. The van der Waals surface area contributed by atoms with E-state index in [4.69, 9.17) is 22.6 Å². The number of halogens is 2. The van der Waals surface area contributed by atoms with Gasteiger partial charge in [0.25, 0.3) is 5.56 Å². The fraction of sp³-hybridized carbons (Fsp3) is 0.0714. The third kappa shape index (κ3) is 2.33. The second-order valence-electron chi connectivity index (χ2n) is 4.30. The van der Waals surface area contributed by atoms with E-state index in [0.29, 0.717) is 5.56 Å². The van der Waals surface area contributed by atoms with E-state index in [1.807, 2.05) is 0 Å². The Bertz CT molecular complexity index is 890. The van der Waals surface area contributed by atoms with Gasteiger partial charge in [-0.15, -0.1) is 0 Å². The van der Waals surface area contributed by atoms with Crippen molar-refractivity contribution < 1.29 is 4.39 Å². The molecule has 0 amide bonds. The zero-order valence-electron chi connectivity index (χ0n) is 10.8. The highest BCUT2D eigenvalue weighted by Gasteiger charge is 2.21. The molecule has 3 N–H and O–H groups in total. The lowest BCUT2D eigenvalue weighted by Gasteiger charge is -2.11. The molecule has 1 aromatic heterocycles. The summed E-state index contributed by atoms with van der Waals surface area (Å²) in [4.78, 5) is 14.0. The van der Waals surface area contributed by atoms with Gasteiger partial charge in [-0.25, -0.2) is 4.39 Å². The van der Waals surface area contributed by atoms with E-state index in [9.17, 15) is 14.4 Å². The molecule has 21 heavy (non-hydrogen) atoms. The number of aromatic nitrogens is 1. The Morgan fingerprint density at radius 2 is 1.90 bits per heavy atom. The number of nitrogens with two attached hydrogens (primary N) is 1. The van der Waals surface area contributed by atoms with Crippen LogP contribution in [0, 0.1) is 35.4 Å². The molecule has 2 aromatic rings. The van der Waals surface area contributed by atoms with Gasteiger partial charge in [0.05, 0.1) is 0 Å². The van der Waals surface area contributed by atoms with E-state index in [0.717, 1.165) is 6.07 Å². The number of nitrogens with one attached hydrogen (secondary N) is 1. The quantitative estimate of drug-likeness (QED) is 0.843. The highest BCUT2D eigenvalue weighted by Crippen LogP contribution is 2.33. The largest absolute Gasteiger partial charge is 0.384 e. The van der Waals surface area contributed by atoms with Crippen LogP contribution in [0.1, 0.15) is 16.7 Å². The smallest absolute Gasteiger partial charge is 0.268 e. The molecule has 0 aliphatic heterocycles. The number of rotatable bonds is 1. The molecular weight excluding hydrogens is 295 g/mol. The van der Waals surface area contributed by atoms with Crippen LogP contribution in [0.25, 0.3) is 11.1 Å². The lowest BCUT2D eigenvalue weighted by molar-refractivity contribution is 0.631. The molecule has 0 aliphatic rings. The summed E-state index contributed by atoms with van der Waals surface area (Å²) in [5, 5.41) is 18.5. The number of anilines is 1. The van der Waals surface area contributed by atoms with Gasteiger partial charge in [-0.05, 0) is 24.6 Å². The first-order chi connectivity index (χ1) is 9.90. The topological polar surface area (TPSA) is 106 Å². The summed E-state index contributed by atoms with van der Waals surface area (Å²) in [6.45, 7) is 1.64. The lowest BCUT2D eigenvalue weighted by Crippen LogP contribution is -2.16. The van der Waals surface area contributed by atoms with Crippen molar-refractivity contribution in [2.45, 2.75) is 6.92 Å². The first kappa shape index (κ1) is 14.6. The summed E-state index contributed by atoms with van der Waals surface area (Å²) >= 11 is 5.82. The molecular formula is C14H8ClFN4O. The third-order valence-electron chi connectivity index (χ3n) is 2.99. The summed E-state index contributed by atoms with van der Waals surface area (Å²) in [7, 11) is 0. The third-order valence-corrected chi connectivity index (χ3v) is 3.39. The van der Waals surface area contributed by atoms with Gasteiger partial charge in [-0.2, -0.15) is 10.5 Å². The van der Waals surface area contributed by atoms with Gasteiger partial charge >= 0.3 is 0 Å². The molecule has 1 aromatic carbocycles. The minimum atomic E-state index is -0.781. The molecule has 0 spiro atoms. The number of hydrogen-bond acceptors (Lipinski definition) is 4. The van der Waals surface area contributed by atoms with Crippen LogP contribution < -0.4 is 11.3 Å². The predicted octanol–water partition coefficient (Wildman–Crippen LogP) is 2.47. The summed E-state index contributed by atoms with van der Waals surface area (Å²) in [5.41, 5.74) is 4.61. The van der Waals surface area contributed by atoms with E-state index in [1.165, 1.54) is 6.07 Å². The average Bonchev–Trinajstić information content (AvgIpc) is 2.42. The molecule has 7 heteroatoms. The van der Waals surface area contributed by atoms with E-state index >= 15 is 0 Å². The van der Waals surface area contributed by atoms with Crippen LogP contribution in [0.2, 0.25) is 5.02 Å². The number of nitrogens with zero attached hydrogens (tertiary/aromatic N) is 2. The van der Waals surface area contributed by atoms with Crippen LogP contribution >= 0.6 is 11.6 Å². The number of aryl methyl sites for hydroxylation is 1. The number of benzene rings is 1. The van der Waals surface area contributed by atoms with E-state index in [2.05, 4.69) is 4.98 Å². The van der Waals surface area contributed by atoms with Gasteiger partial charge in [0, 0.05) is 16.1 Å². The lowest BCUT2D eigenvalue weighted by atomic mass is 9.95. The molecule has 0 atom stereocenters. The fourth-order valence-corrected chi connectivity index (χ4v) is 2.11. The fourth-order valence-electron chi connectivity index (χ4n) is 1.96. The van der Waals surface area contributed by atoms with Crippen LogP contribution in [0.15, 0.2) is 16.9 Å². The van der Waals surface area contributed by atoms with Crippen molar-refractivity contribution >= 4 is 17.4 Å². The summed E-state index contributed by atoms with van der Waals surface area (Å²) in [6, 6.07) is 5.89. The van der Waals surface area contributed by atoms with Crippen molar-refractivity contribution in [3.63, 3.8) is 0 Å². The molecule has 0 aliphatic carbocycles. The monoisotopic (exact) mass is 302 g/mol.